The molecule has 0 bridgehead atoms. The maximum Gasteiger partial charge on any atom is 0.218 e. The van der Waals surface area contributed by atoms with Crippen molar-refractivity contribution in [3.8, 4) is 35.2 Å². The highest BCUT2D eigenvalue weighted by molar-refractivity contribution is 5.49. The fraction of sp³-hybridized carbons (Fsp3) is 0.371. The first-order valence-electron chi connectivity index (χ1n) is 15.1. The maximum atomic E-state index is 10.4. The van der Waals surface area contributed by atoms with E-state index in [1.807, 2.05) is 36.4 Å². The van der Waals surface area contributed by atoms with Crippen LogP contribution in [0.4, 0.5) is 0 Å². The van der Waals surface area contributed by atoms with Crippen LogP contribution < -0.4 is 20.5 Å². The minimum Gasteiger partial charge on any atom is -0.463 e. The summed E-state index contributed by atoms with van der Waals surface area (Å²) in [5.41, 5.74) is 8.84. The van der Waals surface area contributed by atoms with E-state index in [-0.39, 0.29) is 0 Å². The van der Waals surface area contributed by atoms with Gasteiger partial charge in [-0.3, -0.25) is 0 Å². The summed E-state index contributed by atoms with van der Waals surface area (Å²) in [6.07, 6.45) is -9.11. The van der Waals surface area contributed by atoms with Gasteiger partial charge in [0.05, 0.1) is 25.3 Å². The molecule has 0 spiro atoms. The van der Waals surface area contributed by atoms with Gasteiger partial charge in [-0.15, -0.1) is 0 Å². The van der Waals surface area contributed by atoms with Crippen molar-refractivity contribution in [3.63, 3.8) is 0 Å². The van der Waals surface area contributed by atoms with Crippen LogP contribution in [0, 0.1) is 23.7 Å². The van der Waals surface area contributed by atoms with Gasteiger partial charge in [0.15, 0.2) is 0 Å². The molecule has 0 amide bonds. The topological polar surface area (TPSA) is 196 Å². The Kier molecular flexibility index (Phi) is 11.5. The minimum atomic E-state index is -1.32. The van der Waals surface area contributed by atoms with Crippen LogP contribution >= 0.6 is 0 Å². The van der Waals surface area contributed by atoms with Gasteiger partial charge < -0.3 is 60.6 Å². The van der Waals surface area contributed by atoms with Crippen LogP contribution in [-0.4, -0.2) is 112 Å². The van der Waals surface area contributed by atoms with Crippen molar-refractivity contribution in [1.82, 2.24) is 5.32 Å². The van der Waals surface area contributed by atoms with Gasteiger partial charge in [-0.1, -0.05) is 35.8 Å². The lowest BCUT2D eigenvalue weighted by atomic mass is 9.97. The van der Waals surface area contributed by atoms with Gasteiger partial charge in [0.2, 0.25) is 12.6 Å². The molecule has 2 aliphatic rings. The summed E-state index contributed by atoms with van der Waals surface area (Å²) in [5, 5.41) is 62.6. The molecule has 2 heterocycles. The lowest BCUT2D eigenvalue weighted by Gasteiger charge is -2.41. The monoisotopic (exact) mass is 646 g/mol. The first-order chi connectivity index (χ1) is 22.7. The molecule has 0 saturated carbocycles. The molecule has 12 nitrogen and oxygen atoms in total. The van der Waals surface area contributed by atoms with E-state index in [1.165, 1.54) is 0 Å². The summed E-state index contributed by atoms with van der Waals surface area (Å²) >= 11 is 0. The highest BCUT2D eigenvalue weighted by atomic mass is 16.7. The Balaban J connectivity index is 1.21. The van der Waals surface area contributed by atoms with Crippen molar-refractivity contribution < 1.29 is 49.6 Å². The first-order valence-corrected chi connectivity index (χ1v) is 15.1. The van der Waals surface area contributed by atoms with Crippen molar-refractivity contribution in [2.45, 2.75) is 61.3 Å². The number of ether oxygens (including phenoxy) is 4. The summed E-state index contributed by atoms with van der Waals surface area (Å²) < 4.78 is 23.0. The molecule has 2 aliphatic heterocycles. The number of likely N-dealkylation sites (N-methyl/N-ethyl adjacent to an activating group) is 1. The second kappa shape index (κ2) is 15.7. The molecule has 2 saturated heterocycles. The summed E-state index contributed by atoms with van der Waals surface area (Å²) in [5.74, 6) is 13.2. The number of rotatable bonds is 7. The van der Waals surface area contributed by atoms with Gasteiger partial charge in [0.25, 0.3) is 0 Å². The maximum absolute atomic E-state index is 10.4. The summed E-state index contributed by atoms with van der Waals surface area (Å²) in [6.45, 7) is -0.964. The molecule has 0 radical (unpaired) electrons. The van der Waals surface area contributed by atoms with Gasteiger partial charge in [-0.2, -0.15) is 0 Å². The molecule has 3 aromatic rings. The lowest BCUT2D eigenvalue weighted by molar-refractivity contribution is -0.244. The van der Waals surface area contributed by atoms with Crippen LogP contribution in [0.2, 0.25) is 0 Å². The standard InChI is InChI=1S/C35H38N2O10/c1-37-29-33(43)31(41)27(19-39)47-35(29)45-25-7-3-5-23(17-25)15-13-21-10-8-20(9-11-21)12-14-22-4-2-6-24(16-22)44-34-28(36)32(42)30(40)26(18-38)46-34/h2-11,16-17,26-35,37-43H,18-19,36H2,1H3/t26-,27-,28-,29-,30-,31-,32-,33-,34-,35-/m1/s1. The predicted octanol–water partition coefficient (Wildman–Crippen LogP) is -0.963. The van der Waals surface area contributed by atoms with E-state index in [4.69, 9.17) is 24.7 Å². The summed E-state index contributed by atoms with van der Waals surface area (Å²) in [6, 6.07) is 19.7. The average Bonchev–Trinajstić information content (AvgIpc) is 3.09. The SMILES string of the molecule is CN[C@H]1[C@H](Oc2cccc(C#Cc3ccc(C#Cc4cccc(O[C@@H]5O[C@H](CO)[C@@H](O)[C@H](O)[C@H]5N)c4)cc3)c2)O[C@H](CO)[C@@H](O)[C@@H]1O. The van der Waals surface area contributed by atoms with E-state index in [0.717, 1.165) is 11.1 Å². The molecule has 0 aliphatic carbocycles. The van der Waals surface area contributed by atoms with E-state index in [1.54, 1.807) is 43.4 Å². The van der Waals surface area contributed by atoms with Gasteiger partial charge in [0.1, 0.15) is 48.1 Å². The van der Waals surface area contributed by atoms with Crippen LogP contribution in [0.5, 0.6) is 11.5 Å². The zero-order chi connectivity index (χ0) is 33.5. The Bertz CT molecular complexity index is 1610. The number of aliphatic hydroxyl groups is 6. The highest BCUT2D eigenvalue weighted by Crippen LogP contribution is 2.26. The van der Waals surface area contributed by atoms with Crippen LogP contribution in [0.1, 0.15) is 22.3 Å². The van der Waals surface area contributed by atoms with Crippen LogP contribution in [-0.2, 0) is 9.47 Å². The normalized spacial score (nSPS) is 30.3. The van der Waals surface area contributed by atoms with Crippen LogP contribution in [0.15, 0.2) is 72.8 Å². The first kappa shape index (κ1) is 34.3. The van der Waals surface area contributed by atoms with E-state index in [9.17, 15) is 30.6 Å². The molecule has 2 fully saturated rings. The number of hydrogen-bond donors (Lipinski definition) is 8. The molecular weight excluding hydrogens is 608 g/mol. The van der Waals surface area contributed by atoms with Gasteiger partial charge in [0, 0.05) is 22.3 Å². The van der Waals surface area contributed by atoms with Crippen molar-refractivity contribution in [2.75, 3.05) is 20.3 Å². The van der Waals surface area contributed by atoms with Crippen LogP contribution in [0.3, 0.4) is 0 Å². The highest BCUT2D eigenvalue weighted by Gasteiger charge is 2.45. The number of benzene rings is 3. The fourth-order valence-electron chi connectivity index (χ4n) is 5.19. The second-order valence-corrected chi connectivity index (χ2v) is 11.2. The van der Waals surface area contributed by atoms with Crippen molar-refractivity contribution in [1.29, 1.82) is 0 Å². The predicted molar refractivity (Wildman–Crippen MR) is 169 cm³/mol. The lowest BCUT2D eigenvalue weighted by Crippen LogP contribution is -2.64. The summed E-state index contributed by atoms with van der Waals surface area (Å²) in [7, 11) is 1.62. The zero-order valence-electron chi connectivity index (χ0n) is 25.5. The number of nitrogens with two attached hydrogens (primary N) is 1. The van der Waals surface area contributed by atoms with Crippen LogP contribution in [0.25, 0.3) is 0 Å². The van der Waals surface area contributed by atoms with Crippen molar-refractivity contribution >= 4 is 0 Å². The zero-order valence-corrected chi connectivity index (χ0v) is 25.5. The third-order valence-electron chi connectivity index (χ3n) is 7.90. The Morgan fingerprint density at radius 1 is 0.638 bits per heavy atom. The van der Waals surface area contributed by atoms with Gasteiger partial charge in [-0.25, -0.2) is 0 Å². The molecule has 3 aromatic carbocycles. The largest absolute Gasteiger partial charge is 0.463 e. The van der Waals surface area contributed by atoms with E-state index >= 15 is 0 Å². The molecule has 248 valence electrons. The van der Waals surface area contributed by atoms with E-state index < -0.39 is 74.5 Å². The van der Waals surface area contributed by atoms with Crippen molar-refractivity contribution in [3.05, 3.63) is 95.1 Å². The van der Waals surface area contributed by atoms with E-state index in [2.05, 4.69) is 29.0 Å². The number of hydrogen-bond acceptors (Lipinski definition) is 12. The molecule has 47 heavy (non-hydrogen) atoms. The third-order valence-corrected chi connectivity index (χ3v) is 7.90. The Morgan fingerprint density at radius 2 is 1.09 bits per heavy atom. The molecule has 0 aromatic heterocycles. The molecule has 10 atom stereocenters. The Labute approximate surface area is 272 Å². The molecule has 9 N–H and O–H groups in total. The number of aliphatic hydroxyl groups excluding tert-OH is 6. The summed E-state index contributed by atoms with van der Waals surface area (Å²) in [4.78, 5) is 0. The van der Waals surface area contributed by atoms with Gasteiger partial charge in [-0.05, 0) is 67.7 Å². The molecule has 5 rings (SSSR count). The fourth-order valence-corrected chi connectivity index (χ4v) is 5.19. The van der Waals surface area contributed by atoms with Gasteiger partial charge >= 0.3 is 0 Å². The molecular formula is C35H38N2O10. The Hall–Kier alpha value is -4.02. The molecule has 12 heteroatoms. The van der Waals surface area contributed by atoms with E-state index in [0.29, 0.717) is 22.6 Å². The third kappa shape index (κ3) is 8.29. The minimum absolute atomic E-state index is 0.400. The molecule has 0 unspecified atom stereocenters. The Morgan fingerprint density at radius 3 is 1.57 bits per heavy atom. The number of nitrogens with one attached hydrogen (secondary N) is 1. The van der Waals surface area contributed by atoms with Crippen molar-refractivity contribution in [2.24, 2.45) is 5.73 Å². The average molecular weight is 647 g/mol. The quantitative estimate of drug-likeness (QED) is 0.147. The second-order valence-electron chi connectivity index (χ2n) is 11.2. The smallest absolute Gasteiger partial charge is 0.218 e.